The number of carbonyl (C=O) groups is 1. The minimum Gasteiger partial charge on any atom is -0.326 e. The highest BCUT2D eigenvalue weighted by Gasteiger charge is 2.39. The Balaban J connectivity index is 2.01. The summed E-state index contributed by atoms with van der Waals surface area (Å²) in [6.07, 6.45) is 0. The van der Waals surface area contributed by atoms with Crippen LogP contribution in [-0.4, -0.2) is 12.5 Å². The van der Waals surface area contributed by atoms with Crippen LogP contribution in [-0.2, 0) is 26.5 Å². The van der Waals surface area contributed by atoms with Crippen molar-refractivity contribution in [1.29, 1.82) is 0 Å². The van der Waals surface area contributed by atoms with Crippen LogP contribution in [0.5, 0.6) is 0 Å². The summed E-state index contributed by atoms with van der Waals surface area (Å²) in [7, 11) is 0. The van der Waals surface area contributed by atoms with Crippen molar-refractivity contribution in [2.45, 2.75) is 84.0 Å². The Morgan fingerprint density at radius 2 is 0.818 bits per heavy atom. The van der Waals surface area contributed by atoms with Gasteiger partial charge in [-0.15, -0.1) is 0 Å². The van der Waals surface area contributed by atoms with Crippen LogP contribution in [0, 0.1) is 0 Å². The van der Waals surface area contributed by atoms with E-state index in [9.17, 15) is 4.79 Å². The van der Waals surface area contributed by atoms with E-state index in [1.54, 1.807) is 0 Å². The number of nitrogens with one attached hydrogen (secondary N) is 1. The van der Waals surface area contributed by atoms with Crippen LogP contribution in [0.25, 0.3) is 10.4 Å². The highest BCUT2D eigenvalue weighted by molar-refractivity contribution is 5.92. The second-order valence-electron chi connectivity index (χ2n) is 14.7. The molecule has 0 aromatic heterocycles. The van der Waals surface area contributed by atoms with Gasteiger partial charge in [-0.25, -0.2) is 0 Å². The molecule has 4 aromatic rings. The first kappa shape index (κ1) is 32.6. The SMILES string of the molecule is CC(C)(C)c1ccc(C(c2ccc(NC(=O)CN=[N+]=[N-])cc2)(c2ccc(C(C)(C)C)cc2)c2ccc(C(C)(C)C)cc2)cc1. The molecule has 44 heavy (non-hydrogen) atoms. The number of rotatable bonds is 7. The third-order valence-electron chi connectivity index (χ3n) is 8.43. The Labute approximate surface area is 263 Å². The van der Waals surface area contributed by atoms with E-state index in [-0.39, 0.29) is 28.7 Å². The van der Waals surface area contributed by atoms with Crippen LogP contribution in [0.2, 0.25) is 0 Å². The van der Waals surface area contributed by atoms with Gasteiger partial charge in [0.2, 0.25) is 5.91 Å². The number of anilines is 1. The topological polar surface area (TPSA) is 77.9 Å². The third-order valence-corrected chi connectivity index (χ3v) is 8.43. The van der Waals surface area contributed by atoms with Gasteiger partial charge in [-0.3, -0.25) is 4.79 Å². The second-order valence-corrected chi connectivity index (χ2v) is 14.7. The fraction of sp³-hybridized carbons (Fsp3) is 0.359. The summed E-state index contributed by atoms with van der Waals surface area (Å²) >= 11 is 0. The summed E-state index contributed by atoms with van der Waals surface area (Å²) in [4.78, 5) is 15.0. The monoisotopic (exact) mass is 586 g/mol. The van der Waals surface area contributed by atoms with Gasteiger partial charge in [0.15, 0.2) is 0 Å². The molecule has 0 bridgehead atoms. The third kappa shape index (κ3) is 6.90. The van der Waals surface area contributed by atoms with E-state index in [1.165, 1.54) is 16.7 Å². The molecule has 1 N–H and O–H groups in total. The van der Waals surface area contributed by atoms with Crippen molar-refractivity contribution in [2.24, 2.45) is 5.11 Å². The largest absolute Gasteiger partial charge is 0.326 e. The smallest absolute Gasteiger partial charge is 0.230 e. The normalized spacial score (nSPS) is 12.4. The van der Waals surface area contributed by atoms with Crippen LogP contribution in [0.1, 0.15) is 101 Å². The van der Waals surface area contributed by atoms with Gasteiger partial charge in [-0.05, 0) is 72.9 Å². The lowest BCUT2D eigenvalue weighted by atomic mass is 9.64. The van der Waals surface area contributed by atoms with Crippen molar-refractivity contribution in [3.63, 3.8) is 0 Å². The molecular weight excluding hydrogens is 540 g/mol. The van der Waals surface area contributed by atoms with E-state index in [4.69, 9.17) is 5.53 Å². The summed E-state index contributed by atoms with van der Waals surface area (Å²) in [6.45, 7) is 19.9. The molecule has 0 spiro atoms. The zero-order valence-corrected chi connectivity index (χ0v) is 27.7. The van der Waals surface area contributed by atoms with Crippen molar-refractivity contribution in [3.8, 4) is 0 Å². The Morgan fingerprint density at radius 1 is 0.545 bits per heavy atom. The van der Waals surface area contributed by atoms with Gasteiger partial charge in [0.25, 0.3) is 0 Å². The number of hydrogen-bond acceptors (Lipinski definition) is 2. The van der Waals surface area contributed by atoms with Crippen molar-refractivity contribution in [3.05, 3.63) is 146 Å². The maximum Gasteiger partial charge on any atom is 0.230 e. The molecule has 5 heteroatoms. The molecule has 0 atom stereocenters. The molecule has 0 saturated carbocycles. The highest BCUT2D eigenvalue weighted by atomic mass is 16.1. The quantitative estimate of drug-likeness (QED) is 0.0994. The lowest BCUT2D eigenvalue weighted by molar-refractivity contribution is -0.114. The van der Waals surface area contributed by atoms with Crippen LogP contribution in [0.4, 0.5) is 5.69 Å². The predicted molar refractivity (Wildman–Crippen MR) is 183 cm³/mol. The molecule has 0 radical (unpaired) electrons. The van der Waals surface area contributed by atoms with E-state index in [0.29, 0.717) is 5.69 Å². The summed E-state index contributed by atoms with van der Waals surface area (Å²) in [6, 6.07) is 35.2. The lowest BCUT2D eigenvalue weighted by Crippen LogP contribution is -2.31. The van der Waals surface area contributed by atoms with Crippen LogP contribution in [0.15, 0.2) is 102 Å². The van der Waals surface area contributed by atoms with E-state index < -0.39 is 5.41 Å². The fourth-order valence-electron chi connectivity index (χ4n) is 5.76. The summed E-state index contributed by atoms with van der Waals surface area (Å²) in [5.74, 6) is -0.352. The molecule has 0 aliphatic heterocycles. The zero-order chi connectivity index (χ0) is 32.3. The average molecular weight is 587 g/mol. The van der Waals surface area contributed by atoms with Crippen molar-refractivity contribution >= 4 is 11.6 Å². The van der Waals surface area contributed by atoms with Crippen LogP contribution >= 0.6 is 0 Å². The highest BCUT2D eigenvalue weighted by Crippen LogP contribution is 2.46. The first-order chi connectivity index (χ1) is 20.6. The summed E-state index contributed by atoms with van der Waals surface area (Å²) in [5, 5.41) is 6.23. The van der Waals surface area contributed by atoms with Gasteiger partial charge >= 0.3 is 0 Å². The van der Waals surface area contributed by atoms with Crippen molar-refractivity contribution in [2.75, 3.05) is 11.9 Å². The van der Waals surface area contributed by atoms with E-state index in [1.807, 2.05) is 12.1 Å². The molecule has 4 aromatic carbocycles. The lowest BCUT2D eigenvalue weighted by Gasteiger charge is -2.38. The Hall–Kier alpha value is -4.34. The first-order valence-electron chi connectivity index (χ1n) is 15.3. The minimum absolute atomic E-state index is 0.0271. The molecule has 4 rings (SSSR count). The molecular formula is C39H46N4O. The van der Waals surface area contributed by atoms with Gasteiger partial charge < -0.3 is 5.32 Å². The van der Waals surface area contributed by atoms with Crippen LogP contribution in [0.3, 0.4) is 0 Å². The molecule has 0 saturated heterocycles. The summed E-state index contributed by atoms with van der Waals surface area (Å²) in [5.41, 5.74) is 17.1. The maximum atomic E-state index is 12.3. The predicted octanol–water partition coefficient (Wildman–Crippen LogP) is 10.2. The molecule has 5 nitrogen and oxygen atoms in total. The standard InChI is InChI=1S/C39H46N4O/c1-36(2,3)27-10-16-30(17-11-27)39(31-18-12-28(13-19-31)37(4,5)6,32-20-14-29(15-21-32)38(7,8)9)33-22-24-34(25-23-33)42-35(44)26-41-43-40/h10-25H,26H2,1-9H3,(H,42,44). The Kier molecular flexibility index (Phi) is 9.13. The molecule has 1 amide bonds. The molecule has 0 fully saturated rings. The number of nitrogens with zero attached hydrogens (tertiary/aromatic N) is 3. The van der Waals surface area contributed by atoms with Gasteiger partial charge in [0.05, 0.1) is 5.41 Å². The number of hydrogen-bond donors (Lipinski definition) is 1. The fourth-order valence-corrected chi connectivity index (χ4v) is 5.76. The average Bonchev–Trinajstić information content (AvgIpc) is 2.97. The van der Waals surface area contributed by atoms with Gasteiger partial charge in [-0.2, -0.15) is 0 Å². The van der Waals surface area contributed by atoms with E-state index in [2.05, 4.69) is 163 Å². The van der Waals surface area contributed by atoms with Crippen LogP contribution < -0.4 is 5.32 Å². The Morgan fingerprint density at radius 3 is 1.09 bits per heavy atom. The maximum absolute atomic E-state index is 12.3. The van der Waals surface area contributed by atoms with Crippen molar-refractivity contribution < 1.29 is 4.79 Å². The number of azide groups is 1. The summed E-state index contributed by atoms with van der Waals surface area (Å²) < 4.78 is 0. The minimum atomic E-state index is -0.628. The molecule has 228 valence electrons. The van der Waals surface area contributed by atoms with E-state index >= 15 is 0 Å². The first-order valence-corrected chi connectivity index (χ1v) is 15.3. The molecule has 0 aliphatic rings. The van der Waals surface area contributed by atoms with Gasteiger partial charge in [0, 0.05) is 10.6 Å². The zero-order valence-electron chi connectivity index (χ0n) is 27.7. The number of benzene rings is 4. The number of carbonyl (C=O) groups excluding carboxylic acids is 1. The van der Waals surface area contributed by atoms with Gasteiger partial charge in [0.1, 0.15) is 6.54 Å². The molecule has 0 unspecified atom stereocenters. The van der Waals surface area contributed by atoms with Gasteiger partial charge in [-0.1, -0.05) is 152 Å². The van der Waals surface area contributed by atoms with E-state index in [0.717, 1.165) is 22.3 Å². The molecule has 0 aliphatic carbocycles. The Bertz CT molecular complexity index is 1480. The van der Waals surface area contributed by atoms with Crippen molar-refractivity contribution in [1.82, 2.24) is 0 Å². The molecule has 0 heterocycles. The number of amides is 1. The second kappa shape index (κ2) is 12.3.